The van der Waals surface area contributed by atoms with Crippen molar-refractivity contribution in [3.05, 3.63) is 0 Å². The Morgan fingerprint density at radius 3 is 2.50 bits per heavy atom. The number of unbranched alkanes of at least 4 members (excludes halogenated alkanes) is 1. The molecule has 0 aliphatic rings. The van der Waals surface area contributed by atoms with Gasteiger partial charge in [-0.15, -0.1) is 0 Å². The van der Waals surface area contributed by atoms with Crippen LogP contribution in [-0.2, 0) is 4.79 Å². The minimum Gasteiger partial charge on any atom is -0.352 e. The fourth-order valence-corrected chi connectivity index (χ4v) is 1.42. The van der Waals surface area contributed by atoms with Crippen LogP contribution in [0.1, 0.15) is 46.5 Å². The van der Waals surface area contributed by atoms with E-state index in [1.807, 2.05) is 0 Å². The van der Waals surface area contributed by atoms with Crippen LogP contribution in [0.4, 0.5) is 0 Å². The Bertz CT molecular complexity index is 157. The summed E-state index contributed by atoms with van der Waals surface area (Å²) < 4.78 is 0. The molecule has 0 aromatic heterocycles. The Kier molecular flexibility index (Phi) is 7.48. The van der Waals surface area contributed by atoms with Gasteiger partial charge in [0.05, 0.1) is 0 Å². The predicted octanol–water partition coefficient (Wildman–Crippen LogP) is 1.67. The van der Waals surface area contributed by atoms with E-state index in [4.69, 9.17) is 5.73 Å². The summed E-state index contributed by atoms with van der Waals surface area (Å²) in [6.07, 6.45) is 3.62. The highest BCUT2D eigenvalue weighted by Gasteiger charge is 2.11. The number of amides is 1. The molecule has 3 N–H and O–H groups in total. The Morgan fingerprint density at radius 1 is 1.43 bits per heavy atom. The molecule has 3 heteroatoms. The second-order valence-corrected chi connectivity index (χ2v) is 4.23. The van der Waals surface area contributed by atoms with Gasteiger partial charge in [0.15, 0.2) is 0 Å². The van der Waals surface area contributed by atoms with Crippen molar-refractivity contribution in [2.45, 2.75) is 52.5 Å². The second kappa shape index (κ2) is 7.80. The average Bonchev–Trinajstić information content (AvgIpc) is 2.12. The summed E-state index contributed by atoms with van der Waals surface area (Å²) in [5.41, 5.74) is 5.58. The zero-order chi connectivity index (χ0) is 11.0. The van der Waals surface area contributed by atoms with E-state index in [1.165, 1.54) is 0 Å². The summed E-state index contributed by atoms with van der Waals surface area (Å²) in [5, 5.41) is 2.97. The third kappa shape index (κ3) is 6.89. The summed E-state index contributed by atoms with van der Waals surface area (Å²) in [6.45, 7) is 6.90. The van der Waals surface area contributed by atoms with Crippen molar-refractivity contribution < 1.29 is 4.79 Å². The topological polar surface area (TPSA) is 55.1 Å². The molecule has 0 aliphatic carbocycles. The van der Waals surface area contributed by atoms with Gasteiger partial charge < -0.3 is 11.1 Å². The zero-order valence-corrected chi connectivity index (χ0v) is 9.68. The Hall–Kier alpha value is -0.570. The molecule has 0 fully saturated rings. The molecule has 1 unspecified atom stereocenters. The summed E-state index contributed by atoms with van der Waals surface area (Å²) in [4.78, 5) is 11.4. The van der Waals surface area contributed by atoms with Crippen molar-refractivity contribution in [3.8, 4) is 0 Å². The van der Waals surface area contributed by atoms with Crippen LogP contribution in [0.25, 0.3) is 0 Å². The van der Waals surface area contributed by atoms with Crippen LogP contribution in [0.2, 0.25) is 0 Å². The van der Waals surface area contributed by atoms with Gasteiger partial charge >= 0.3 is 0 Å². The van der Waals surface area contributed by atoms with E-state index in [0.717, 1.165) is 19.3 Å². The maximum Gasteiger partial charge on any atom is 0.220 e. The number of rotatable bonds is 7. The van der Waals surface area contributed by atoms with E-state index >= 15 is 0 Å². The molecule has 0 rings (SSSR count). The van der Waals surface area contributed by atoms with E-state index in [1.54, 1.807) is 0 Å². The van der Waals surface area contributed by atoms with E-state index in [0.29, 0.717) is 18.9 Å². The van der Waals surface area contributed by atoms with Gasteiger partial charge in [0.2, 0.25) is 5.91 Å². The molecule has 0 bridgehead atoms. The highest BCUT2D eigenvalue weighted by molar-refractivity contribution is 5.76. The van der Waals surface area contributed by atoms with Gasteiger partial charge in [0.25, 0.3) is 0 Å². The first-order valence-corrected chi connectivity index (χ1v) is 5.59. The standard InChI is InChI=1S/C11H24N2O/c1-4-5-6-11(14)13-10(8-12)7-9(2)3/h9-10H,4-8,12H2,1-3H3,(H,13,14). The van der Waals surface area contributed by atoms with Crippen molar-refractivity contribution in [1.29, 1.82) is 0 Å². The van der Waals surface area contributed by atoms with Gasteiger partial charge in [-0.3, -0.25) is 4.79 Å². The number of hydrogen-bond donors (Lipinski definition) is 2. The van der Waals surface area contributed by atoms with Crippen LogP contribution in [0, 0.1) is 5.92 Å². The van der Waals surface area contributed by atoms with E-state index in [9.17, 15) is 4.79 Å². The lowest BCUT2D eigenvalue weighted by Gasteiger charge is -2.18. The SMILES string of the molecule is CCCCC(=O)NC(CN)CC(C)C. The number of carbonyl (C=O) groups is 1. The monoisotopic (exact) mass is 200 g/mol. The molecule has 1 amide bonds. The van der Waals surface area contributed by atoms with Gasteiger partial charge in [-0.25, -0.2) is 0 Å². The average molecular weight is 200 g/mol. The lowest BCUT2D eigenvalue weighted by atomic mass is 10.0. The maximum atomic E-state index is 11.4. The molecule has 0 aromatic carbocycles. The summed E-state index contributed by atoms with van der Waals surface area (Å²) in [5.74, 6) is 0.720. The molecular weight excluding hydrogens is 176 g/mol. The van der Waals surface area contributed by atoms with Crippen LogP contribution in [0.3, 0.4) is 0 Å². The van der Waals surface area contributed by atoms with Crippen LogP contribution in [0.5, 0.6) is 0 Å². The first-order valence-electron chi connectivity index (χ1n) is 5.59. The van der Waals surface area contributed by atoms with Crippen molar-refractivity contribution in [2.24, 2.45) is 11.7 Å². The minimum atomic E-state index is 0.142. The first kappa shape index (κ1) is 13.4. The molecule has 0 spiro atoms. The van der Waals surface area contributed by atoms with Crippen molar-refractivity contribution >= 4 is 5.91 Å². The van der Waals surface area contributed by atoms with Crippen LogP contribution >= 0.6 is 0 Å². The molecular formula is C11H24N2O. The van der Waals surface area contributed by atoms with Crippen molar-refractivity contribution in [1.82, 2.24) is 5.32 Å². The van der Waals surface area contributed by atoms with E-state index in [2.05, 4.69) is 26.1 Å². The normalized spacial score (nSPS) is 12.9. The summed E-state index contributed by atoms with van der Waals surface area (Å²) in [6, 6.07) is 0.152. The van der Waals surface area contributed by atoms with Gasteiger partial charge in [-0.1, -0.05) is 27.2 Å². The highest BCUT2D eigenvalue weighted by atomic mass is 16.1. The zero-order valence-electron chi connectivity index (χ0n) is 9.68. The van der Waals surface area contributed by atoms with Gasteiger partial charge in [0, 0.05) is 19.0 Å². The maximum absolute atomic E-state index is 11.4. The minimum absolute atomic E-state index is 0.142. The largest absolute Gasteiger partial charge is 0.352 e. The van der Waals surface area contributed by atoms with Crippen LogP contribution in [0.15, 0.2) is 0 Å². The molecule has 84 valence electrons. The molecule has 0 aromatic rings. The van der Waals surface area contributed by atoms with Gasteiger partial charge in [-0.05, 0) is 18.8 Å². The second-order valence-electron chi connectivity index (χ2n) is 4.23. The Labute approximate surface area is 87.4 Å². The number of nitrogens with two attached hydrogens (primary N) is 1. The molecule has 0 heterocycles. The fraction of sp³-hybridized carbons (Fsp3) is 0.909. The Morgan fingerprint density at radius 2 is 2.07 bits per heavy atom. The lowest BCUT2D eigenvalue weighted by molar-refractivity contribution is -0.121. The summed E-state index contributed by atoms with van der Waals surface area (Å²) >= 11 is 0. The van der Waals surface area contributed by atoms with Crippen LogP contribution < -0.4 is 11.1 Å². The molecule has 0 radical (unpaired) electrons. The molecule has 0 saturated carbocycles. The molecule has 14 heavy (non-hydrogen) atoms. The van der Waals surface area contributed by atoms with Crippen molar-refractivity contribution in [3.63, 3.8) is 0 Å². The fourth-order valence-electron chi connectivity index (χ4n) is 1.42. The third-order valence-electron chi connectivity index (χ3n) is 2.16. The lowest BCUT2D eigenvalue weighted by Crippen LogP contribution is -2.40. The Balaban J connectivity index is 3.74. The third-order valence-corrected chi connectivity index (χ3v) is 2.16. The molecule has 0 aliphatic heterocycles. The highest BCUT2D eigenvalue weighted by Crippen LogP contribution is 2.04. The molecule has 1 atom stereocenters. The quantitative estimate of drug-likeness (QED) is 0.657. The van der Waals surface area contributed by atoms with Crippen LogP contribution in [-0.4, -0.2) is 18.5 Å². The van der Waals surface area contributed by atoms with Gasteiger partial charge in [-0.2, -0.15) is 0 Å². The first-order chi connectivity index (χ1) is 6.60. The number of carbonyl (C=O) groups excluding carboxylic acids is 1. The molecule has 0 saturated heterocycles. The van der Waals surface area contributed by atoms with E-state index in [-0.39, 0.29) is 11.9 Å². The van der Waals surface area contributed by atoms with Gasteiger partial charge in [0.1, 0.15) is 0 Å². The summed E-state index contributed by atoms with van der Waals surface area (Å²) in [7, 11) is 0. The predicted molar refractivity (Wildman–Crippen MR) is 60.0 cm³/mol. The smallest absolute Gasteiger partial charge is 0.220 e. The molecule has 3 nitrogen and oxygen atoms in total. The van der Waals surface area contributed by atoms with Crippen molar-refractivity contribution in [2.75, 3.05) is 6.54 Å². The number of hydrogen-bond acceptors (Lipinski definition) is 2. The number of nitrogens with one attached hydrogen (secondary N) is 1. The van der Waals surface area contributed by atoms with E-state index < -0.39 is 0 Å².